The second-order valence-corrected chi connectivity index (χ2v) is 7.24. The predicted molar refractivity (Wildman–Crippen MR) is 108 cm³/mol. The molecule has 0 N–H and O–H groups in total. The zero-order chi connectivity index (χ0) is 19.4. The maximum Gasteiger partial charge on any atom is 0.292 e. The van der Waals surface area contributed by atoms with Crippen LogP contribution in [0, 0.1) is 0 Å². The molecule has 0 aromatic heterocycles. The standard InChI is InChI=1S/C23H27NO4/c1-2-3-8-18-11-12-21-20(17-18)23(27-15-16-28-23)22(25)24(21)13-7-14-26-19-9-5-4-6-10-19/h4-6,9-12,17H,2-3,7-8,13-16H2,1H3. The van der Waals surface area contributed by atoms with E-state index >= 15 is 0 Å². The van der Waals surface area contributed by atoms with Gasteiger partial charge in [0.1, 0.15) is 5.75 Å². The van der Waals surface area contributed by atoms with Crippen LogP contribution in [0.25, 0.3) is 0 Å². The fourth-order valence-corrected chi connectivity index (χ4v) is 3.86. The lowest BCUT2D eigenvalue weighted by Crippen LogP contribution is -2.41. The van der Waals surface area contributed by atoms with Gasteiger partial charge in [0.05, 0.1) is 25.5 Å². The molecule has 1 spiro atoms. The van der Waals surface area contributed by atoms with E-state index in [4.69, 9.17) is 14.2 Å². The molecule has 0 aliphatic carbocycles. The van der Waals surface area contributed by atoms with Crippen molar-refractivity contribution < 1.29 is 19.0 Å². The molecule has 148 valence electrons. The van der Waals surface area contributed by atoms with Gasteiger partial charge in [0.25, 0.3) is 11.7 Å². The minimum atomic E-state index is -1.25. The number of anilines is 1. The van der Waals surface area contributed by atoms with E-state index in [1.807, 2.05) is 36.4 Å². The summed E-state index contributed by atoms with van der Waals surface area (Å²) in [5, 5.41) is 0. The molecule has 2 aliphatic heterocycles. The smallest absolute Gasteiger partial charge is 0.292 e. The van der Waals surface area contributed by atoms with Crippen LogP contribution in [0.1, 0.15) is 37.3 Å². The third-order valence-electron chi connectivity index (χ3n) is 5.28. The Hall–Kier alpha value is -2.37. The summed E-state index contributed by atoms with van der Waals surface area (Å²) in [4.78, 5) is 15.0. The highest BCUT2D eigenvalue weighted by Gasteiger charge is 2.55. The summed E-state index contributed by atoms with van der Waals surface area (Å²) >= 11 is 0. The highest BCUT2D eigenvalue weighted by atomic mass is 16.7. The first-order valence-corrected chi connectivity index (χ1v) is 10.2. The molecule has 1 saturated heterocycles. The number of amides is 1. The Balaban J connectivity index is 1.48. The lowest BCUT2D eigenvalue weighted by Gasteiger charge is -2.22. The first-order valence-electron chi connectivity index (χ1n) is 10.2. The Morgan fingerprint density at radius 2 is 1.86 bits per heavy atom. The van der Waals surface area contributed by atoms with E-state index in [9.17, 15) is 4.79 Å². The highest BCUT2D eigenvalue weighted by molar-refractivity contribution is 6.06. The number of para-hydroxylation sites is 1. The van der Waals surface area contributed by atoms with Crippen molar-refractivity contribution in [1.29, 1.82) is 0 Å². The molecule has 0 saturated carbocycles. The van der Waals surface area contributed by atoms with Crippen molar-refractivity contribution in [3.05, 3.63) is 59.7 Å². The van der Waals surface area contributed by atoms with Gasteiger partial charge in [0.15, 0.2) is 0 Å². The molecule has 2 aliphatic rings. The van der Waals surface area contributed by atoms with Crippen LogP contribution >= 0.6 is 0 Å². The summed E-state index contributed by atoms with van der Waals surface area (Å²) in [6, 6.07) is 16.0. The van der Waals surface area contributed by atoms with Crippen LogP contribution < -0.4 is 9.64 Å². The van der Waals surface area contributed by atoms with Crippen LogP contribution in [0.2, 0.25) is 0 Å². The number of carbonyl (C=O) groups is 1. The molecule has 0 bridgehead atoms. The van der Waals surface area contributed by atoms with Crippen molar-refractivity contribution in [3.8, 4) is 5.75 Å². The SMILES string of the molecule is CCCCc1ccc2c(c1)C1(OCCO1)C(=O)N2CCCOc1ccccc1. The zero-order valence-electron chi connectivity index (χ0n) is 16.4. The van der Waals surface area contributed by atoms with E-state index < -0.39 is 5.79 Å². The van der Waals surface area contributed by atoms with Crippen LogP contribution in [-0.4, -0.2) is 32.3 Å². The van der Waals surface area contributed by atoms with Crippen molar-refractivity contribution in [2.75, 3.05) is 31.3 Å². The van der Waals surface area contributed by atoms with Gasteiger partial charge in [-0.1, -0.05) is 37.6 Å². The molecule has 0 radical (unpaired) electrons. The van der Waals surface area contributed by atoms with Gasteiger partial charge in [-0.15, -0.1) is 0 Å². The monoisotopic (exact) mass is 381 g/mol. The Morgan fingerprint density at radius 3 is 2.61 bits per heavy atom. The number of unbranched alkanes of at least 4 members (excludes halogenated alkanes) is 1. The predicted octanol–water partition coefficient (Wildman–Crippen LogP) is 4.04. The molecule has 0 atom stereocenters. The summed E-state index contributed by atoms with van der Waals surface area (Å²) in [5.41, 5.74) is 2.97. The summed E-state index contributed by atoms with van der Waals surface area (Å²) < 4.78 is 17.5. The van der Waals surface area contributed by atoms with Gasteiger partial charge in [-0.3, -0.25) is 4.79 Å². The van der Waals surface area contributed by atoms with Crippen molar-refractivity contribution in [3.63, 3.8) is 0 Å². The second-order valence-electron chi connectivity index (χ2n) is 7.24. The fourth-order valence-electron chi connectivity index (χ4n) is 3.86. The molecule has 0 unspecified atom stereocenters. The summed E-state index contributed by atoms with van der Waals surface area (Å²) in [6.07, 6.45) is 4.00. The van der Waals surface area contributed by atoms with Gasteiger partial charge in [0.2, 0.25) is 0 Å². The third kappa shape index (κ3) is 3.52. The van der Waals surface area contributed by atoms with E-state index in [1.165, 1.54) is 5.56 Å². The number of aryl methyl sites for hydroxylation is 1. The van der Waals surface area contributed by atoms with Crippen LogP contribution in [0.3, 0.4) is 0 Å². The molecule has 1 amide bonds. The largest absolute Gasteiger partial charge is 0.494 e. The Kier molecular flexibility index (Phi) is 5.64. The number of hydrogen-bond donors (Lipinski definition) is 0. The normalized spacial score (nSPS) is 17.3. The molecule has 2 aromatic carbocycles. The number of carbonyl (C=O) groups excluding carboxylic acids is 1. The quantitative estimate of drug-likeness (QED) is 0.648. The van der Waals surface area contributed by atoms with Crippen LogP contribution in [0.4, 0.5) is 5.69 Å². The lowest BCUT2D eigenvalue weighted by molar-refractivity contribution is -0.180. The van der Waals surface area contributed by atoms with E-state index in [1.54, 1.807) is 4.90 Å². The molecule has 2 heterocycles. The fraction of sp³-hybridized carbons (Fsp3) is 0.435. The van der Waals surface area contributed by atoms with Gasteiger partial charge in [-0.2, -0.15) is 0 Å². The van der Waals surface area contributed by atoms with E-state index in [0.29, 0.717) is 26.4 Å². The summed E-state index contributed by atoms with van der Waals surface area (Å²) in [5.74, 6) is -0.528. The number of rotatable bonds is 8. The first-order chi connectivity index (χ1) is 13.7. The van der Waals surface area contributed by atoms with Crippen LogP contribution in [0.15, 0.2) is 48.5 Å². The summed E-state index contributed by atoms with van der Waals surface area (Å²) in [7, 11) is 0. The Morgan fingerprint density at radius 1 is 1.07 bits per heavy atom. The van der Waals surface area contributed by atoms with Crippen molar-refractivity contribution in [2.24, 2.45) is 0 Å². The van der Waals surface area contributed by atoms with Gasteiger partial charge in [-0.05, 0) is 49.1 Å². The minimum absolute atomic E-state index is 0.118. The number of fused-ring (bicyclic) bond motifs is 2. The second kappa shape index (κ2) is 8.33. The van der Waals surface area contributed by atoms with E-state index in [-0.39, 0.29) is 5.91 Å². The maximum atomic E-state index is 13.2. The number of hydrogen-bond acceptors (Lipinski definition) is 4. The molecular weight excluding hydrogens is 354 g/mol. The van der Waals surface area contributed by atoms with Crippen molar-refractivity contribution in [2.45, 2.75) is 38.4 Å². The minimum Gasteiger partial charge on any atom is -0.494 e. The Labute approximate surface area is 166 Å². The average Bonchev–Trinajstić information content (AvgIpc) is 3.31. The topological polar surface area (TPSA) is 48.0 Å². The van der Waals surface area contributed by atoms with Crippen LogP contribution in [-0.2, 0) is 26.5 Å². The maximum absolute atomic E-state index is 13.2. The van der Waals surface area contributed by atoms with E-state index in [2.05, 4.69) is 19.1 Å². The molecule has 5 nitrogen and oxygen atoms in total. The third-order valence-corrected chi connectivity index (χ3v) is 5.28. The van der Waals surface area contributed by atoms with Crippen molar-refractivity contribution in [1.82, 2.24) is 0 Å². The van der Waals surface area contributed by atoms with Gasteiger partial charge < -0.3 is 19.1 Å². The molecule has 5 heteroatoms. The first kappa shape index (κ1) is 19.0. The lowest BCUT2D eigenvalue weighted by atomic mass is 10.0. The molecular formula is C23H27NO4. The van der Waals surface area contributed by atoms with Crippen molar-refractivity contribution >= 4 is 11.6 Å². The van der Waals surface area contributed by atoms with Gasteiger partial charge in [0, 0.05) is 12.1 Å². The Bertz CT molecular complexity index is 815. The zero-order valence-corrected chi connectivity index (χ0v) is 16.4. The van der Waals surface area contributed by atoms with Gasteiger partial charge >= 0.3 is 0 Å². The molecule has 1 fully saturated rings. The number of ether oxygens (including phenoxy) is 3. The van der Waals surface area contributed by atoms with Gasteiger partial charge in [-0.25, -0.2) is 0 Å². The molecule has 28 heavy (non-hydrogen) atoms. The summed E-state index contributed by atoms with van der Waals surface area (Å²) in [6.45, 7) is 4.18. The average molecular weight is 381 g/mol. The highest BCUT2D eigenvalue weighted by Crippen LogP contribution is 2.46. The molecule has 2 aromatic rings. The van der Waals surface area contributed by atoms with E-state index in [0.717, 1.165) is 42.7 Å². The van der Waals surface area contributed by atoms with Crippen LogP contribution in [0.5, 0.6) is 5.75 Å². The number of nitrogens with zero attached hydrogens (tertiary/aromatic N) is 1. The number of benzene rings is 2. The molecule has 4 rings (SSSR count).